The molecule has 24 rings (SSSR count). The second-order valence-electron chi connectivity index (χ2n) is 32.8. The van der Waals surface area contributed by atoms with E-state index in [-0.39, 0.29) is 0 Å². The molecule has 0 atom stereocenters. The summed E-state index contributed by atoms with van der Waals surface area (Å²) in [7, 11) is 0. The maximum absolute atomic E-state index is 6.41. The SMILES string of the molecule is c1ccc(N(c2ccc(-c3ccc4c(c3)c3ccccc3n4-c3ccccc3)cc2)c2ccc(N(c3ccc(-c4ccc(N(c5ccc(-c6ccc7c(c6)oc6ccccc67)cc5)c5ccc(N(c6ccccc6)c6ccc(-c7ccc8c(c7)c7ccccc7n8-c7ccccc7)cc6)cc5)cc4)cc3)c3ccc(-c4ccc5c(c4)oc4ccccc45)cc3)cc2)cc1. The molecule has 0 aliphatic carbocycles. The van der Waals surface area contributed by atoms with Crippen molar-refractivity contribution in [3.05, 3.63) is 485 Å². The second kappa shape index (κ2) is 31.6. The standard InChI is InChI=1S/C120H80N6O2/c1-5-21-91(22-6-1)121(95-57-41-83(42-58-95)87-51-75-115-111(77-87)105-29-13-17-33-113(105)125(115)93-25-9-3-10-26-93)101-65-69-103(70-66-101)123(99-61-45-85(46-62-99)89-49-73-109-107-31-15-19-35-117(107)127-119(109)79-89)97-53-37-81(38-54-97)82-39-55-98(56-40-82)124(100-63-47-86(48-64-100)90-50-74-110-108-32-16-20-36-118(108)128-120(110)80-90)104-71-67-102(68-72-104)122(92-23-7-2-8-24-92)96-59-43-84(44-60-96)88-52-76-116-112(78-88)106-30-14-18-34-114(106)126(116)94-27-11-4-12-28-94/h1-80H. The maximum Gasteiger partial charge on any atom is 0.136 e. The van der Waals surface area contributed by atoms with E-state index in [9.17, 15) is 0 Å². The Labute approximate surface area is 740 Å². The van der Waals surface area contributed by atoms with Crippen LogP contribution in [0.1, 0.15) is 0 Å². The lowest BCUT2D eigenvalue weighted by Gasteiger charge is -2.29. The summed E-state index contributed by atoms with van der Waals surface area (Å²) in [6.07, 6.45) is 0. The van der Waals surface area contributed by atoms with Crippen molar-refractivity contribution < 1.29 is 8.83 Å². The van der Waals surface area contributed by atoms with Gasteiger partial charge in [-0.3, -0.25) is 0 Å². The van der Waals surface area contributed by atoms with Crippen molar-refractivity contribution in [1.82, 2.24) is 9.13 Å². The summed E-state index contributed by atoms with van der Waals surface area (Å²) < 4.78 is 17.6. The number of nitrogens with zero attached hydrogens (tertiary/aromatic N) is 6. The minimum Gasteiger partial charge on any atom is -0.456 e. The highest BCUT2D eigenvalue weighted by Gasteiger charge is 2.24. The highest BCUT2D eigenvalue weighted by atomic mass is 16.3. The van der Waals surface area contributed by atoms with Crippen LogP contribution in [0.25, 0.3) is 154 Å². The smallest absolute Gasteiger partial charge is 0.136 e. The number of aromatic nitrogens is 2. The first-order valence-corrected chi connectivity index (χ1v) is 43.6. The molecule has 0 bridgehead atoms. The predicted molar refractivity (Wildman–Crippen MR) is 536 cm³/mol. The Balaban J connectivity index is 0.555. The molecule has 602 valence electrons. The Morgan fingerprint density at radius 1 is 0.133 bits per heavy atom. The summed E-state index contributed by atoms with van der Waals surface area (Å²) in [5.74, 6) is 0. The zero-order valence-electron chi connectivity index (χ0n) is 69.7. The third-order valence-electron chi connectivity index (χ3n) is 25.3. The monoisotopic (exact) mass is 1640 g/mol. The van der Waals surface area contributed by atoms with Crippen molar-refractivity contribution in [1.29, 1.82) is 0 Å². The molecule has 0 amide bonds. The van der Waals surface area contributed by atoms with E-state index in [2.05, 4.69) is 490 Å². The molecule has 0 fully saturated rings. The molecule has 4 heterocycles. The molecule has 0 radical (unpaired) electrons. The van der Waals surface area contributed by atoms with Gasteiger partial charge in [0.25, 0.3) is 0 Å². The fourth-order valence-electron chi connectivity index (χ4n) is 19.1. The summed E-state index contributed by atoms with van der Waals surface area (Å²) >= 11 is 0. The molecule has 20 aromatic carbocycles. The van der Waals surface area contributed by atoms with Crippen LogP contribution in [0.15, 0.2) is 494 Å². The van der Waals surface area contributed by atoms with Gasteiger partial charge in [-0.25, -0.2) is 0 Å². The Kier molecular flexibility index (Phi) is 18.4. The van der Waals surface area contributed by atoms with Crippen LogP contribution in [0, 0.1) is 0 Å². The summed E-state index contributed by atoms with van der Waals surface area (Å²) in [5, 5.41) is 9.36. The summed E-state index contributed by atoms with van der Waals surface area (Å²) in [4.78, 5) is 9.39. The Morgan fingerprint density at radius 3 is 0.641 bits per heavy atom. The van der Waals surface area contributed by atoms with Crippen LogP contribution in [0.2, 0.25) is 0 Å². The molecular weight excluding hydrogens is 1560 g/mol. The summed E-state index contributed by atoms with van der Waals surface area (Å²) in [6.45, 7) is 0. The second-order valence-corrected chi connectivity index (χ2v) is 32.8. The minimum absolute atomic E-state index is 0.870. The van der Waals surface area contributed by atoms with E-state index >= 15 is 0 Å². The summed E-state index contributed by atoms with van der Waals surface area (Å²) in [6, 6.07) is 175. The van der Waals surface area contributed by atoms with Gasteiger partial charge in [0.15, 0.2) is 0 Å². The van der Waals surface area contributed by atoms with Crippen LogP contribution in [0.3, 0.4) is 0 Å². The van der Waals surface area contributed by atoms with E-state index in [4.69, 9.17) is 8.83 Å². The fraction of sp³-hybridized carbons (Fsp3) is 0. The fourth-order valence-corrected chi connectivity index (χ4v) is 19.1. The number of benzene rings is 20. The third kappa shape index (κ3) is 13.4. The number of rotatable bonds is 19. The van der Waals surface area contributed by atoms with Crippen molar-refractivity contribution in [3.8, 4) is 67.0 Å². The molecule has 0 aliphatic heterocycles. The molecule has 8 heteroatoms. The Morgan fingerprint density at radius 2 is 0.336 bits per heavy atom. The molecule has 4 aromatic heterocycles. The van der Waals surface area contributed by atoms with E-state index in [0.717, 1.165) is 179 Å². The molecule has 0 spiro atoms. The van der Waals surface area contributed by atoms with Gasteiger partial charge in [0, 0.05) is 123 Å². The molecule has 0 saturated carbocycles. The van der Waals surface area contributed by atoms with Crippen molar-refractivity contribution in [2.45, 2.75) is 0 Å². The molecule has 8 nitrogen and oxygen atoms in total. The number of fused-ring (bicyclic) bond motifs is 12. The van der Waals surface area contributed by atoms with Gasteiger partial charge in [0.05, 0.1) is 22.1 Å². The Bertz CT molecular complexity index is 7750. The van der Waals surface area contributed by atoms with Crippen molar-refractivity contribution in [2.24, 2.45) is 0 Å². The molecule has 128 heavy (non-hydrogen) atoms. The number of anilines is 12. The van der Waals surface area contributed by atoms with Gasteiger partial charge in [0.2, 0.25) is 0 Å². The number of hydrogen-bond donors (Lipinski definition) is 0. The first kappa shape index (κ1) is 74.6. The largest absolute Gasteiger partial charge is 0.456 e. The van der Waals surface area contributed by atoms with Crippen molar-refractivity contribution in [3.63, 3.8) is 0 Å². The van der Waals surface area contributed by atoms with Gasteiger partial charge in [-0.05, 0) is 298 Å². The van der Waals surface area contributed by atoms with E-state index < -0.39 is 0 Å². The highest BCUT2D eigenvalue weighted by molar-refractivity contribution is 6.13. The van der Waals surface area contributed by atoms with Gasteiger partial charge in [-0.1, -0.05) is 243 Å². The lowest BCUT2D eigenvalue weighted by molar-refractivity contribution is 0.668. The number of hydrogen-bond acceptors (Lipinski definition) is 6. The quantitative estimate of drug-likeness (QED) is 0.0804. The lowest BCUT2D eigenvalue weighted by atomic mass is 10.0. The molecule has 24 aromatic rings. The summed E-state index contributed by atoms with van der Waals surface area (Å²) in [5.41, 5.74) is 34.1. The maximum atomic E-state index is 6.41. The van der Waals surface area contributed by atoms with Gasteiger partial charge in [-0.15, -0.1) is 0 Å². The topological polar surface area (TPSA) is 49.1 Å². The highest BCUT2D eigenvalue weighted by Crippen LogP contribution is 2.47. The number of furan rings is 2. The van der Waals surface area contributed by atoms with Crippen LogP contribution in [0.4, 0.5) is 68.2 Å². The molecule has 0 N–H and O–H groups in total. The van der Waals surface area contributed by atoms with Gasteiger partial charge < -0.3 is 37.6 Å². The zero-order chi connectivity index (χ0) is 84.5. The van der Waals surface area contributed by atoms with Crippen LogP contribution >= 0.6 is 0 Å². The van der Waals surface area contributed by atoms with E-state index in [1.807, 2.05) is 24.3 Å². The van der Waals surface area contributed by atoms with E-state index in [1.54, 1.807) is 0 Å². The molecule has 0 unspecified atom stereocenters. The van der Waals surface area contributed by atoms with Gasteiger partial charge in [-0.2, -0.15) is 0 Å². The minimum atomic E-state index is 0.870. The average Bonchev–Trinajstić information content (AvgIpc) is 1.60. The van der Waals surface area contributed by atoms with Crippen LogP contribution in [-0.2, 0) is 0 Å². The van der Waals surface area contributed by atoms with E-state index in [1.165, 1.54) is 43.6 Å². The normalized spacial score (nSPS) is 11.6. The van der Waals surface area contributed by atoms with Crippen LogP contribution in [0.5, 0.6) is 0 Å². The lowest BCUT2D eigenvalue weighted by Crippen LogP contribution is -2.12. The Hall–Kier alpha value is -17.2. The zero-order valence-corrected chi connectivity index (χ0v) is 69.7. The molecule has 0 aliphatic rings. The predicted octanol–water partition coefficient (Wildman–Crippen LogP) is 33.9. The molecular formula is C120H80N6O2. The van der Waals surface area contributed by atoms with Crippen LogP contribution < -0.4 is 19.6 Å². The first-order valence-electron chi connectivity index (χ1n) is 43.6. The van der Waals surface area contributed by atoms with Crippen molar-refractivity contribution >= 4 is 156 Å². The molecule has 0 saturated heterocycles. The number of para-hydroxylation sites is 8. The van der Waals surface area contributed by atoms with Gasteiger partial charge in [0.1, 0.15) is 22.3 Å². The van der Waals surface area contributed by atoms with Crippen LogP contribution in [-0.4, -0.2) is 9.13 Å². The van der Waals surface area contributed by atoms with Crippen molar-refractivity contribution in [2.75, 3.05) is 19.6 Å². The first-order chi connectivity index (χ1) is 63.4. The van der Waals surface area contributed by atoms with Gasteiger partial charge >= 0.3 is 0 Å². The van der Waals surface area contributed by atoms with E-state index in [0.29, 0.717) is 0 Å². The third-order valence-corrected chi connectivity index (χ3v) is 25.3. The average molecular weight is 1640 g/mol.